The van der Waals surface area contributed by atoms with Crippen molar-refractivity contribution in [3.8, 4) is 0 Å². The van der Waals surface area contributed by atoms with Gasteiger partial charge in [-0.15, -0.1) is 0 Å². The SMILES string of the molecule is Cn1c(=O)oc2ccc(S(=O)(=O)N3CC4CC3CS4)cc21. The Morgan fingerprint density at radius 2 is 2.19 bits per heavy atom. The molecule has 1 aromatic heterocycles. The van der Waals surface area contributed by atoms with Crippen LogP contribution in [0, 0.1) is 0 Å². The van der Waals surface area contributed by atoms with Gasteiger partial charge in [0.25, 0.3) is 0 Å². The van der Waals surface area contributed by atoms with Crippen LogP contribution in [0.15, 0.2) is 32.3 Å². The second-order valence-corrected chi connectivity index (χ2v) is 8.70. The molecule has 2 aliphatic heterocycles. The van der Waals surface area contributed by atoms with Crippen molar-refractivity contribution in [1.29, 1.82) is 0 Å². The summed E-state index contributed by atoms with van der Waals surface area (Å²) in [4.78, 5) is 11.7. The second kappa shape index (κ2) is 4.37. The number of fused-ring (bicyclic) bond motifs is 3. The maximum Gasteiger partial charge on any atom is 0.419 e. The molecule has 0 aliphatic carbocycles. The van der Waals surface area contributed by atoms with Gasteiger partial charge < -0.3 is 4.42 Å². The Balaban J connectivity index is 1.82. The Labute approximate surface area is 125 Å². The molecule has 112 valence electrons. The molecule has 0 spiro atoms. The highest BCUT2D eigenvalue weighted by atomic mass is 32.2. The van der Waals surface area contributed by atoms with E-state index in [1.54, 1.807) is 17.4 Å². The number of nitrogens with zero attached hydrogens (tertiary/aromatic N) is 2. The van der Waals surface area contributed by atoms with Gasteiger partial charge in [0.2, 0.25) is 10.0 Å². The average Bonchev–Trinajstić information content (AvgIpc) is 3.15. The first-order valence-electron chi connectivity index (χ1n) is 6.70. The molecule has 0 saturated carbocycles. The van der Waals surface area contributed by atoms with Crippen LogP contribution in [0.2, 0.25) is 0 Å². The third-order valence-electron chi connectivity index (χ3n) is 4.22. The van der Waals surface area contributed by atoms with Gasteiger partial charge in [0, 0.05) is 30.6 Å². The Hall–Kier alpha value is -1.25. The van der Waals surface area contributed by atoms with Crippen molar-refractivity contribution in [2.45, 2.75) is 22.6 Å². The molecule has 3 heterocycles. The minimum atomic E-state index is -3.51. The quantitative estimate of drug-likeness (QED) is 0.823. The molecule has 8 heteroatoms. The van der Waals surface area contributed by atoms with E-state index in [9.17, 15) is 13.2 Å². The molecule has 6 nitrogen and oxygen atoms in total. The van der Waals surface area contributed by atoms with Crippen molar-refractivity contribution in [1.82, 2.24) is 8.87 Å². The zero-order chi connectivity index (χ0) is 14.8. The van der Waals surface area contributed by atoms with E-state index in [0.29, 0.717) is 22.9 Å². The molecular weight excluding hydrogens is 312 g/mol. The van der Waals surface area contributed by atoms with Crippen molar-refractivity contribution < 1.29 is 12.8 Å². The summed E-state index contributed by atoms with van der Waals surface area (Å²) in [5.74, 6) is 0.382. The summed E-state index contributed by atoms with van der Waals surface area (Å²) in [6.45, 7) is 0.583. The third kappa shape index (κ3) is 1.89. The molecule has 2 atom stereocenters. The molecule has 2 saturated heterocycles. The van der Waals surface area contributed by atoms with Gasteiger partial charge in [0.15, 0.2) is 5.58 Å². The largest absolute Gasteiger partial charge is 0.419 e. The van der Waals surface area contributed by atoms with E-state index in [1.807, 2.05) is 11.8 Å². The molecule has 0 N–H and O–H groups in total. The van der Waals surface area contributed by atoms with Crippen molar-refractivity contribution in [2.75, 3.05) is 12.3 Å². The highest BCUT2D eigenvalue weighted by Crippen LogP contribution is 2.40. The Morgan fingerprint density at radius 3 is 2.86 bits per heavy atom. The van der Waals surface area contributed by atoms with Gasteiger partial charge in [-0.05, 0) is 24.6 Å². The number of rotatable bonds is 2. The summed E-state index contributed by atoms with van der Waals surface area (Å²) in [6, 6.07) is 4.69. The Bertz CT molecular complexity index is 883. The first kappa shape index (κ1) is 13.4. The van der Waals surface area contributed by atoms with E-state index < -0.39 is 15.8 Å². The van der Waals surface area contributed by atoms with Crippen molar-refractivity contribution >= 4 is 32.9 Å². The van der Waals surface area contributed by atoms with Crippen LogP contribution in [0.1, 0.15) is 6.42 Å². The average molecular weight is 326 g/mol. The van der Waals surface area contributed by atoms with Gasteiger partial charge in [0.1, 0.15) is 0 Å². The van der Waals surface area contributed by atoms with Crippen LogP contribution >= 0.6 is 11.8 Å². The number of oxazole rings is 1. The van der Waals surface area contributed by atoms with E-state index in [0.717, 1.165) is 12.2 Å². The maximum atomic E-state index is 12.8. The lowest BCUT2D eigenvalue weighted by Crippen LogP contribution is -2.39. The van der Waals surface area contributed by atoms with Crippen LogP contribution in [-0.2, 0) is 17.1 Å². The van der Waals surface area contributed by atoms with Gasteiger partial charge in [-0.1, -0.05) is 0 Å². The lowest BCUT2D eigenvalue weighted by atomic mass is 10.3. The molecule has 2 unspecified atom stereocenters. The van der Waals surface area contributed by atoms with E-state index >= 15 is 0 Å². The summed E-state index contributed by atoms with van der Waals surface area (Å²) >= 11 is 1.85. The minimum absolute atomic E-state index is 0.105. The van der Waals surface area contributed by atoms with Gasteiger partial charge in [0.05, 0.1) is 10.4 Å². The number of sulfonamides is 1. The lowest BCUT2D eigenvalue weighted by molar-refractivity contribution is 0.410. The molecule has 21 heavy (non-hydrogen) atoms. The fourth-order valence-electron chi connectivity index (χ4n) is 3.06. The molecule has 0 radical (unpaired) electrons. The fraction of sp³-hybridized carbons (Fsp3) is 0.462. The van der Waals surface area contributed by atoms with E-state index in [1.165, 1.54) is 16.7 Å². The first-order valence-corrected chi connectivity index (χ1v) is 9.19. The zero-order valence-corrected chi connectivity index (χ0v) is 13.0. The van der Waals surface area contributed by atoms with Crippen LogP contribution < -0.4 is 5.76 Å². The topological polar surface area (TPSA) is 72.5 Å². The number of benzene rings is 1. The number of aromatic nitrogens is 1. The monoisotopic (exact) mass is 326 g/mol. The zero-order valence-electron chi connectivity index (χ0n) is 11.4. The van der Waals surface area contributed by atoms with E-state index in [2.05, 4.69) is 0 Å². The van der Waals surface area contributed by atoms with E-state index in [-0.39, 0.29) is 10.9 Å². The number of hydrogen-bond donors (Lipinski definition) is 0. The van der Waals surface area contributed by atoms with Crippen LogP contribution in [0.4, 0.5) is 0 Å². The van der Waals surface area contributed by atoms with Crippen LogP contribution in [-0.4, -0.2) is 40.9 Å². The highest BCUT2D eigenvalue weighted by molar-refractivity contribution is 8.00. The summed E-state index contributed by atoms with van der Waals surface area (Å²) in [7, 11) is -1.94. The van der Waals surface area contributed by atoms with Crippen molar-refractivity contribution in [3.05, 3.63) is 28.7 Å². The number of aryl methyl sites for hydroxylation is 1. The van der Waals surface area contributed by atoms with Gasteiger partial charge >= 0.3 is 5.76 Å². The molecule has 2 bridgehead atoms. The summed E-state index contributed by atoms with van der Waals surface area (Å²) in [5, 5.41) is 0.423. The first-order chi connectivity index (χ1) is 9.96. The second-order valence-electron chi connectivity index (χ2n) is 5.48. The van der Waals surface area contributed by atoms with Crippen molar-refractivity contribution in [3.63, 3.8) is 0 Å². The third-order valence-corrected chi connectivity index (χ3v) is 7.52. The highest BCUT2D eigenvalue weighted by Gasteiger charge is 2.44. The normalized spacial score (nSPS) is 26.0. The molecule has 2 aliphatic rings. The summed E-state index contributed by atoms with van der Waals surface area (Å²) in [5.41, 5.74) is 0.903. The predicted octanol–water partition coefficient (Wildman–Crippen LogP) is 1.01. The van der Waals surface area contributed by atoms with Crippen LogP contribution in [0.25, 0.3) is 11.1 Å². The van der Waals surface area contributed by atoms with E-state index in [4.69, 9.17) is 4.42 Å². The van der Waals surface area contributed by atoms with Gasteiger partial charge in [-0.3, -0.25) is 4.57 Å². The minimum Gasteiger partial charge on any atom is -0.408 e. The smallest absolute Gasteiger partial charge is 0.408 e. The standard InChI is InChI=1S/C13H14N2O4S2/c1-14-11-5-10(2-3-12(11)19-13(14)16)21(17,18)15-6-9-4-8(15)7-20-9/h2-3,5,8-9H,4,6-7H2,1H3. The molecule has 0 amide bonds. The molecule has 2 fully saturated rings. The summed E-state index contributed by atoms with van der Waals surface area (Å²) < 4.78 is 33.5. The van der Waals surface area contributed by atoms with Crippen molar-refractivity contribution in [2.24, 2.45) is 7.05 Å². The number of thioether (sulfide) groups is 1. The molecule has 2 aromatic rings. The lowest BCUT2D eigenvalue weighted by Gasteiger charge is -2.25. The Morgan fingerprint density at radius 1 is 1.38 bits per heavy atom. The van der Waals surface area contributed by atoms with Crippen LogP contribution in [0.5, 0.6) is 0 Å². The predicted molar refractivity (Wildman–Crippen MR) is 80.0 cm³/mol. The van der Waals surface area contributed by atoms with Crippen LogP contribution in [0.3, 0.4) is 0 Å². The number of hydrogen-bond acceptors (Lipinski definition) is 5. The molecular formula is C13H14N2O4S2. The maximum absolute atomic E-state index is 12.8. The molecule has 4 rings (SSSR count). The van der Waals surface area contributed by atoms with Gasteiger partial charge in [-0.2, -0.15) is 16.1 Å². The van der Waals surface area contributed by atoms with Gasteiger partial charge in [-0.25, -0.2) is 13.2 Å². The molecule has 1 aromatic carbocycles. The Kier molecular flexibility index (Phi) is 2.79. The summed E-state index contributed by atoms with van der Waals surface area (Å²) in [6.07, 6.45) is 0.941. The fourth-order valence-corrected chi connectivity index (χ4v) is 6.39.